The molecule has 0 aromatic heterocycles. The van der Waals surface area contributed by atoms with E-state index < -0.39 is 0 Å². The molecule has 0 unspecified atom stereocenters. The number of nitrogens with zero attached hydrogens (tertiary/aromatic N) is 1. The van der Waals surface area contributed by atoms with Crippen LogP contribution in [0.3, 0.4) is 0 Å². The molecule has 0 amide bonds. The molecule has 0 saturated heterocycles. The van der Waals surface area contributed by atoms with Crippen molar-refractivity contribution in [2.45, 2.75) is 20.8 Å². The van der Waals surface area contributed by atoms with Gasteiger partial charge in [-0.1, -0.05) is 6.92 Å². The van der Waals surface area contributed by atoms with Gasteiger partial charge in [-0.15, -0.1) is 11.9 Å². The van der Waals surface area contributed by atoms with Gasteiger partial charge in [0.1, 0.15) is 0 Å². The molecule has 3 heteroatoms. The van der Waals surface area contributed by atoms with Crippen molar-refractivity contribution >= 4 is 6.21 Å². The SMILES string of the molecule is C[C-]=C(C)N=C[CH-]C.[CH3-].[Y+3].[Y]. The molecule has 0 aliphatic carbocycles. The average Bonchev–Trinajstić information content (AvgIpc) is 1.83. The van der Waals surface area contributed by atoms with Gasteiger partial charge >= 0.3 is 32.7 Å². The molecule has 0 aromatic carbocycles. The van der Waals surface area contributed by atoms with Crippen LogP contribution in [0.25, 0.3) is 0 Å². The van der Waals surface area contributed by atoms with Gasteiger partial charge in [0.05, 0.1) is 0 Å². The van der Waals surface area contributed by atoms with Crippen molar-refractivity contribution in [1.29, 1.82) is 0 Å². The van der Waals surface area contributed by atoms with Crippen LogP contribution >= 0.6 is 0 Å². The van der Waals surface area contributed by atoms with E-state index in [9.17, 15) is 0 Å². The predicted molar refractivity (Wildman–Crippen MR) is 43.0 cm³/mol. The normalized spacial score (nSPS) is 9.18. The molecule has 0 heterocycles. The second kappa shape index (κ2) is 17.5. The number of hydrogen-bond donors (Lipinski definition) is 0. The summed E-state index contributed by atoms with van der Waals surface area (Å²) in [6.07, 6.45) is 6.54. The molecule has 0 spiro atoms. The Kier molecular flexibility index (Phi) is 36.5. The zero-order valence-corrected chi connectivity index (χ0v) is 13.4. The van der Waals surface area contributed by atoms with Crippen LogP contribution in [0.1, 0.15) is 20.8 Å². The quantitative estimate of drug-likeness (QED) is 0.549. The van der Waals surface area contributed by atoms with Gasteiger partial charge in [0.25, 0.3) is 0 Å². The first kappa shape index (κ1) is 22.9. The molecule has 0 aliphatic rings. The Morgan fingerprint density at radius 1 is 1.55 bits per heavy atom. The molecule has 0 aliphatic heterocycles. The number of aliphatic imine (C=N–C) groups is 1. The molecule has 1 nitrogen and oxygen atoms in total. The first-order valence-corrected chi connectivity index (χ1v) is 2.64. The van der Waals surface area contributed by atoms with Crippen molar-refractivity contribution in [3.05, 3.63) is 25.6 Å². The standard InChI is InChI=1S/C7H11N.CH3.2Y/c1-4-6-8-7(3)5-2;;;/h4,6H,1-3H3;1H3;;/q-2;-1;;+3. The molecular weight excluding hydrogens is 288 g/mol. The van der Waals surface area contributed by atoms with E-state index in [1.807, 2.05) is 27.2 Å². The van der Waals surface area contributed by atoms with Crippen LogP contribution < -0.4 is 0 Å². The van der Waals surface area contributed by atoms with Crippen LogP contribution in [-0.4, -0.2) is 6.21 Å². The molecule has 0 saturated carbocycles. The Bertz CT molecular complexity index is 109. The minimum atomic E-state index is 0. The summed E-state index contributed by atoms with van der Waals surface area (Å²) in [5.41, 5.74) is 0.933. The Morgan fingerprint density at radius 3 is 2.27 bits per heavy atom. The van der Waals surface area contributed by atoms with E-state index in [2.05, 4.69) is 11.1 Å². The van der Waals surface area contributed by atoms with Crippen molar-refractivity contribution in [2.24, 2.45) is 4.99 Å². The number of allylic oxidation sites excluding steroid dienone is 2. The van der Waals surface area contributed by atoms with Crippen LogP contribution in [0.15, 0.2) is 10.7 Å². The molecule has 1 radical (unpaired) electrons. The summed E-state index contributed by atoms with van der Waals surface area (Å²) in [4.78, 5) is 3.99. The fourth-order valence-electron chi connectivity index (χ4n) is 0.251. The summed E-state index contributed by atoms with van der Waals surface area (Å²) in [5.74, 6) is 0. The Hall–Kier alpha value is 1.49. The van der Waals surface area contributed by atoms with Crippen molar-refractivity contribution < 1.29 is 65.4 Å². The molecule has 0 N–H and O–H groups in total. The molecule has 57 valence electrons. The second-order valence-electron chi connectivity index (χ2n) is 1.45. The number of hydrogen-bond acceptors (Lipinski definition) is 1. The van der Waals surface area contributed by atoms with E-state index in [1.165, 1.54) is 0 Å². The third-order valence-electron chi connectivity index (χ3n) is 0.779. The molecule has 11 heavy (non-hydrogen) atoms. The summed E-state index contributed by atoms with van der Waals surface area (Å²) >= 11 is 0. The van der Waals surface area contributed by atoms with Crippen molar-refractivity contribution in [3.8, 4) is 0 Å². The van der Waals surface area contributed by atoms with Crippen LogP contribution in [-0.2, 0) is 65.4 Å². The van der Waals surface area contributed by atoms with E-state index >= 15 is 0 Å². The minimum Gasteiger partial charge on any atom is -0.477 e. The fourth-order valence-corrected chi connectivity index (χ4v) is 0.251. The van der Waals surface area contributed by atoms with Gasteiger partial charge in [-0.05, 0) is 0 Å². The summed E-state index contributed by atoms with van der Waals surface area (Å²) in [6, 6.07) is 0. The maximum Gasteiger partial charge on any atom is 3.00 e. The van der Waals surface area contributed by atoms with E-state index in [1.54, 1.807) is 6.21 Å². The largest absolute Gasteiger partial charge is 3.00 e. The molecule has 0 rings (SSSR count). The van der Waals surface area contributed by atoms with Crippen molar-refractivity contribution in [3.63, 3.8) is 0 Å². The number of rotatable bonds is 2. The average molecular weight is 302 g/mol. The summed E-state index contributed by atoms with van der Waals surface area (Å²) < 4.78 is 0. The Balaban J connectivity index is -0.0000000817. The van der Waals surface area contributed by atoms with Crippen LogP contribution in [0.2, 0.25) is 0 Å². The van der Waals surface area contributed by atoms with Crippen LogP contribution in [0, 0.1) is 19.9 Å². The van der Waals surface area contributed by atoms with Gasteiger partial charge < -0.3 is 24.9 Å². The van der Waals surface area contributed by atoms with Gasteiger partial charge in [-0.2, -0.15) is 13.8 Å². The monoisotopic (exact) mass is 302 g/mol. The molecule has 0 fully saturated rings. The van der Waals surface area contributed by atoms with Crippen molar-refractivity contribution in [2.75, 3.05) is 0 Å². The Labute approximate surface area is 121 Å². The van der Waals surface area contributed by atoms with E-state index in [4.69, 9.17) is 0 Å². The zero-order valence-electron chi connectivity index (χ0n) is 7.76. The minimum absolute atomic E-state index is 0. The smallest absolute Gasteiger partial charge is 0.477 e. The van der Waals surface area contributed by atoms with E-state index in [-0.39, 0.29) is 72.8 Å². The predicted octanol–water partition coefficient (Wildman–Crippen LogP) is 2.45. The molecular formula is C8H14NY2. The molecule has 0 atom stereocenters. The van der Waals surface area contributed by atoms with Gasteiger partial charge in [-0.3, -0.25) is 0 Å². The summed E-state index contributed by atoms with van der Waals surface area (Å²) in [6.45, 7) is 5.70. The van der Waals surface area contributed by atoms with Gasteiger partial charge in [0, 0.05) is 32.7 Å². The van der Waals surface area contributed by atoms with Gasteiger partial charge in [-0.25, -0.2) is 0 Å². The third-order valence-corrected chi connectivity index (χ3v) is 0.779. The van der Waals surface area contributed by atoms with Crippen LogP contribution in [0.4, 0.5) is 0 Å². The maximum absolute atomic E-state index is 3.99. The first-order valence-electron chi connectivity index (χ1n) is 2.64. The molecule has 0 bridgehead atoms. The fraction of sp³-hybridized carbons (Fsp3) is 0.375. The van der Waals surface area contributed by atoms with Gasteiger partial charge in [0.2, 0.25) is 0 Å². The first-order chi connectivity index (χ1) is 3.81. The van der Waals surface area contributed by atoms with Gasteiger partial charge in [0.15, 0.2) is 0 Å². The van der Waals surface area contributed by atoms with Crippen molar-refractivity contribution in [1.82, 2.24) is 0 Å². The van der Waals surface area contributed by atoms with Crippen LogP contribution in [0.5, 0.6) is 0 Å². The summed E-state index contributed by atoms with van der Waals surface area (Å²) in [5, 5.41) is 0. The van der Waals surface area contributed by atoms with E-state index in [0.717, 1.165) is 5.70 Å². The summed E-state index contributed by atoms with van der Waals surface area (Å²) in [7, 11) is 0. The zero-order chi connectivity index (χ0) is 6.41. The second-order valence-corrected chi connectivity index (χ2v) is 1.45. The molecule has 0 aromatic rings. The topological polar surface area (TPSA) is 12.4 Å². The maximum atomic E-state index is 3.99. The van der Waals surface area contributed by atoms with E-state index in [0.29, 0.717) is 0 Å². The third kappa shape index (κ3) is 18.4. The Morgan fingerprint density at radius 2 is 2.00 bits per heavy atom.